The third kappa shape index (κ3) is 5.70. The highest BCUT2D eigenvalue weighted by Crippen LogP contribution is 2.46. The lowest BCUT2D eigenvalue weighted by Gasteiger charge is -2.27. The van der Waals surface area contributed by atoms with Crippen LogP contribution in [0.25, 0.3) is 0 Å². The first-order valence-electron chi connectivity index (χ1n) is 9.25. The number of nitrogens with zero attached hydrogens (tertiary/aromatic N) is 1. The van der Waals surface area contributed by atoms with Gasteiger partial charge >= 0.3 is 23.9 Å². The molecule has 2 aromatic rings. The van der Waals surface area contributed by atoms with Gasteiger partial charge in [0.15, 0.2) is 0 Å². The summed E-state index contributed by atoms with van der Waals surface area (Å²) in [5, 5.41) is 6.91. The molecular weight excluding hydrogens is 479 g/mol. The van der Waals surface area contributed by atoms with Gasteiger partial charge in [-0.1, -0.05) is 26.0 Å². The molecule has 13 heteroatoms. The zero-order chi connectivity index (χ0) is 25.2. The van der Waals surface area contributed by atoms with E-state index in [1.165, 1.54) is 35.7 Å². The zero-order valence-electron chi connectivity index (χ0n) is 17.4. The van der Waals surface area contributed by atoms with E-state index in [0.717, 1.165) is 17.0 Å². The lowest BCUT2D eigenvalue weighted by Crippen LogP contribution is -2.57. The Kier molecular flexibility index (Phi) is 7.56. The van der Waals surface area contributed by atoms with E-state index in [1.54, 1.807) is 11.4 Å². The van der Waals surface area contributed by atoms with E-state index in [4.69, 9.17) is 0 Å². The number of carbonyl (C=O) groups is 2. The predicted octanol–water partition coefficient (Wildman–Crippen LogP) is 5.80. The summed E-state index contributed by atoms with van der Waals surface area (Å²) in [6.07, 6.45) is -6.62. The molecule has 0 aliphatic carbocycles. The molecule has 0 unspecified atom stereocenters. The molecule has 2 rings (SSSR count). The summed E-state index contributed by atoms with van der Waals surface area (Å²) in [4.78, 5) is 24.6. The largest absolute Gasteiger partial charge is 0.460 e. The summed E-state index contributed by atoms with van der Waals surface area (Å²) in [6, 6.07) is 6.21. The van der Waals surface area contributed by atoms with Gasteiger partial charge in [0, 0.05) is 15.9 Å². The van der Waals surface area contributed by atoms with E-state index in [9.17, 15) is 40.3 Å². The molecule has 0 saturated heterocycles. The van der Waals surface area contributed by atoms with Gasteiger partial charge in [-0.3, -0.25) is 9.59 Å². The topological polar surface area (TPSA) is 70.6 Å². The van der Waals surface area contributed by atoms with Gasteiger partial charge in [0.1, 0.15) is 0 Å². The Labute approximate surface area is 187 Å². The van der Waals surface area contributed by atoms with Crippen molar-refractivity contribution in [2.75, 3.05) is 5.32 Å². The van der Waals surface area contributed by atoms with Crippen molar-refractivity contribution in [3.8, 4) is 0 Å². The van der Waals surface area contributed by atoms with Gasteiger partial charge in [0.2, 0.25) is 0 Å². The van der Waals surface area contributed by atoms with Crippen LogP contribution in [0.3, 0.4) is 0 Å². The Hall–Kier alpha value is -2.96. The molecule has 1 aromatic heterocycles. The fourth-order valence-corrected chi connectivity index (χ4v) is 3.27. The van der Waals surface area contributed by atoms with Gasteiger partial charge in [0.25, 0.3) is 5.91 Å². The standard InChI is InChI=1S/C20H18F7N3O2S/c1-10(2)15-8-13(9-33-15)16(31)30-29-11(3)12-4-6-14(7-5-12)28-17(32)18(21,22)19(23,24)20(25,26)27/h4-10H,1-3H3,(H,28,32)(H,30,31). The van der Waals surface area contributed by atoms with Crippen molar-refractivity contribution in [1.82, 2.24) is 5.43 Å². The van der Waals surface area contributed by atoms with Crippen molar-refractivity contribution in [3.05, 3.63) is 51.7 Å². The van der Waals surface area contributed by atoms with Crippen molar-refractivity contribution >= 4 is 34.6 Å². The highest BCUT2D eigenvalue weighted by atomic mass is 32.1. The van der Waals surface area contributed by atoms with Crippen molar-refractivity contribution in [2.24, 2.45) is 5.10 Å². The van der Waals surface area contributed by atoms with Crippen LogP contribution in [-0.4, -0.2) is 35.5 Å². The fraction of sp³-hybridized carbons (Fsp3) is 0.350. The van der Waals surface area contributed by atoms with Crippen molar-refractivity contribution in [2.45, 2.75) is 44.7 Å². The van der Waals surface area contributed by atoms with Crippen LogP contribution in [-0.2, 0) is 4.79 Å². The second kappa shape index (κ2) is 9.49. The number of nitrogens with one attached hydrogen (secondary N) is 2. The van der Waals surface area contributed by atoms with Crippen LogP contribution < -0.4 is 10.7 Å². The summed E-state index contributed by atoms with van der Waals surface area (Å²) in [5.74, 6) is -15.6. The fourth-order valence-electron chi connectivity index (χ4n) is 2.36. The van der Waals surface area contributed by atoms with Crippen molar-refractivity contribution < 1.29 is 40.3 Å². The van der Waals surface area contributed by atoms with Crippen molar-refractivity contribution in [1.29, 1.82) is 0 Å². The minimum atomic E-state index is -6.62. The Morgan fingerprint density at radius 2 is 1.55 bits per heavy atom. The van der Waals surface area contributed by atoms with Gasteiger partial charge in [-0.2, -0.15) is 35.8 Å². The van der Waals surface area contributed by atoms with E-state index >= 15 is 0 Å². The quantitative estimate of drug-likeness (QED) is 0.289. The Bertz CT molecular complexity index is 1040. The number of hydrogen-bond acceptors (Lipinski definition) is 4. The molecule has 2 amide bonds. The van der Waals surface area contributed by atoms with Crippen LogP contribution in [0, 0.1) is 0 Å². The van der Waals surface area contributed by atoms with E-state index in [0.29, 0.717) is 11.1 Å². The summed E-state index contributed by atoms with van der Waals surface area (Å²) in [5.41, 5.74) is 2.94. The maximum atomic E-state index is 13.4. The number of hydrogen-bond donors (Lipinski definition) is 2. The normalized spacial score (nSPS) is 13.2. The number of carbonyl (C=O) groups excluding carboxylic acids is 2. The molecule has 0 atom stereocenters. The highest BCUT2D eigenvalue weighted by molar-refractivity contribution is 7.10. The average Bonchev–Trinajstić information content (AvgIpc) is 3.22. The van der Waals surface area contributed by atoms with Gasteiger partial charge in [0.05, 0.1) is 11.3 Å². The minimum absolute atomic E-state index is 0.250. The van der Waals surface area contributed by atoms with Crippen LogP contribution in [0.1, 0.15) is 47.5 Å². The molecule has 1 heterocycles. The van der Waals surface area contributed by atoms with Crippen LogP contribution in [0.4, 0.5) is 36.4 Å². The van der Waals surface area contributed by atoms with Crippen molar-refractivity contribution in [3.63, 3.8) is 0 Å². The summed E-state index contributed by atoms with van der Waals surface area (Å²) < 4.78 is 89.3. The molecule has 5 nitrogen and oxygen atoms in total. The van der Waals surface area contributed by atoms with E-state index in [2.05, 4.69) is 10.5 Å². The van der Waals surface area contributed by atoms with Crippen LogP contribution >= 0.6 is 11.3 Å². The number of benzene rings is 1. The molecule has 0 aliphatic rings. The van der Waals surface area contributed by atoms with Gasteiger partial charge in [-0.05, 0) is 36.6 Å². The Balaban J connectivity index is 2.06. The summed E-state index contributed by atoms with van der Waals surface area (Å²) in [7, 11) is 0. The molecule has 2 N–H and O–H groups in total. The molecule has 1 aromatic carbocycles. The maximum Gasteiger partial charge on any atom is 0.460 e. The second-order valence-electron chi connectivity index (χ2n) is 7.21. The van der Waals surface area contributed by atoms with Gasteiger partial charge < -0.3 is 5.32 Å². The number of rotatable bonds is 7. The number of amides is 2. The lowest BCUT2D eigenvalue weighted by molar-refractivity contribution is -0.343. The number of halogens is 7. The number of hydrazone groups is 1. The van der Waals surface area contributed by atoms with E-state index < -0.39 is 35.5 Å². The smallest absolute Gasteiger partial charge is 0.321 e. The zero-order valence-corrected chi connectivity index (χ0v) is 18.2. The van der Waals surface area contributed by atoms with E-state index in [-0.39, 0.29) is 11.6 Å². The van der Waals surface area contributed by atoms with Crippen LogP contribution in [0.15, 0.2) is 40.8 Å². The number of anilines is 1. The molecule has 0 saturated carbocycles. The lowest BCUT2D eigenvalue weighted by atomic mass is 10.1. The summed E-state index contributed by atoms with van der Waals surface area (Å²) >= 11 is 1.42. The van der Waals surface area contributed by atoms with Crippen LogP contribution in [0.2, 0.25) is 0 Å². The third-order valence-corrected chi connectivity index (χ3v) is 5.61. The maximum absolute atomic E-state index is 13.4. The van der Waals surface area contributed by atoms with Gasteiger partial charge in [-0.15, -0.1) is 11.3 Å². The second-order valence-corrected chi connectivity index (χ2v) is 8.15. The number of alkyl halides is 7. The van der Waals surface area contributed by atoms with Gasteiger partial charge in [-0.25, -0.2) is 5.43 Å². The molecule has 33 heavy (non-hydrogen) atoms. The molecule has 0 aliphatic heterocycles. The molecule has 0 fully saturated rings. The molecule has 0 bridgehead atoms. The first kappa shape index (κ1) is 26.3. The Morgan fingerprint density at radius 3 is 2.03 bits per heavy atom. The number of thiophene rings is 1. The first-order valence-corrected chi connectivity index (χ1v) is 10.1. The minimum Gasteiger partial charge on any atom is -0.321 e. The first-order chi connectivity index (χ1) is 15.1. The monoisotopic (exact) mass is 497 g/mol. The highest BCUT2D eigenvalue weighted by Gasteiger charge is 2.76. The third-order valence-electron chi connectivity index (χ3n) is 4.37. The summed E-state index contributed by atoms with van der Waals surface area (Å²) in [6.45, 7) is 5.45. The van der Waals surface area contributed by atoms with E-state index in [1.807, 2.05) is 13.8 Å². The predicted molar refractivity (Wildman–Crippen MR) is 109 cm³/mol. The average molecular weight is 497 g/mol. The molecule has 0 radical (unpaired) electrons. The SMILES string of the molecule is CC(=NNC(=O)c1csc(C(C)C)c1)c1ccc(NC(=O)C(F)(F)C(F)(F)C(F)(F)F)cc1. The Morgan fingerprint density at radius 1 is 0.970 bits per heavy atom. The molecule has 180 valence electrons. The molecule has 0 spiro atoms. The molecular formula is C20H18F7N3O2S. The van der Waals surface area contributed by atoms with Crippen LogP contribution in [0.5, 0.6) is 0 Å².